The minimum atomic E-state index is -4.00. The Hall–Kier alpha value is -2.03. The predicted octanol–water partition coefficient (Wildman–Crippen LogP) is 6.90. The van der Waals surface area contributed by atoms with E-state index in [1.54, 1.807) is 0 Å². The van der Waals surface area contributed by atoms with Gasteiger partial charge in [0.25, 0.3) is 0 Å². The largest absolute Gasteiger partial charge is 0.386 e. The van der Waals surface area contributed by atoms with Crippen molar-refractivity contribution in [2.45, 2.75) is 72.6 Å². The lowest BCUT2D eigenvalue weighted by molar-refractivity contribution is -0.124. The first kappa shape index (κ1) is 33.2. The molecule has 2 aliphatic heterocycles. The molecule has 222 valence electrons. The molecule has 0 amide bonds. The normalized spacial score (nSPS) is 18.5. The van der Waals surface area contributed by atoms with E-state index in [2.05, 4.69) is 92.8 Å². The molecule has 3 rings (SSSR count). The summed E-state index contributed by atoms with van der Waals surface area (Å²) in [6, 6.07) is 9.05. The minimum absolute atomic E-state index is 0.0635. The van der Waals surface area contributed by atoms with Gasteiger partial charge in [-0.1, -0.05) is 52.3 Å². The lowest BCUT2D eigenvalue weighted by Crippen LogP contribution is -2.61. The van der Waals surface area contributed by atoms with Crippen LogP contribution in [0.15, 0.2) is 47.8 Å². The van der Waals surface area contributed by atoms with E-state index in [-0.39, 0.29) is 12.5 Å². The van der Waals surface area contributed by atoms with E-state index in [1.165, 1.54) is 29.1 Å². The second kappa shape index (κ2) is 15.7. The molecule has 0 bridgehead atoms. The number of morpholine rings is 1. The standard InChI is InChI=1S/C29H47N3O2.C2H3F3/c1-7-9-25-11-13-26(14-12-25)30(6)28(24(3)4)21-27(10-8-2)32-22-29(5,23-32)34-20-17-31-15-18-33-19-16-31;1-2(3,4)5/h10-14,21,24H,7-9,15-20,22-23H2,1-6H3;1H3/b27-10+,28-21-;. The van der Waals surface area contributed by atoms with Gasteiger partial charge in [0.2, 0.25) is 0 Å². The summed E-state index contributed by atoms with van der Waals surface area (Å²) < 4.78 is 42.9. The van der Waals surface area contributed by atoms with Crippen LogP contribution in [0.2, 0.25) is 0 Å². The fourth-order valence-electron chi connectivity index (χ4n) is 4.90. The molecule has 0 N–H and O–H groups in total. The summed E-state index contributed by atoms with van der Waals surface area (Å²) in [6.45, 7) is 18.9. The van der Waals surface area contributed by atoms with E-state index in [1.807, 2.05) is 0 Å². The molecule has 0 saturated carbocycles. The topological polar surface area (TPSA) is 28.2 Å². The van der Waals surface area contributed by atoms with E-state index in [9.17, 15) is 13.2 Å². The number of nitrogens with zero attached hydrogens (tertiary/aromatic N) is 3. The van der Waals surface area contributed by atoms with Gasteiger partial charge in [-0.2, -0.15) is 13.2 Å². The van der Waals surface area contributed by atoms with Gasteiger partial charge in [-0.3, -0.25) is 4.90 Å². The Labute approximate surface area is 234 Å². The third-order valence-electron chi connectivity index (χ3n) is 6.93. The van der Waals surface area contributed by atoms with Gasteiger partial charge in [-0.05, 0) is 49.5 Å². The third kappa shape index (κ3) is 11.9. The maximum atomic E-state index is 10.4. The van der Waals surface area contributed by atoms with Crippen LogP contribution in [0.3, 0.4) is 0 Å². The van der Waals surface area contributed by atoms with Gasteiger partial charge < -0.3 is 19.3 Å². The molecular formula is C31H50F3N3O2. The Balaban J connectivity index is 0.000000976. The van der Waals surface area contributed by atoms with Crippen LogP contribution in [0, 0.1) is 5.92 Å². The molecule has 0 radical (unpaired) electrons. The van der Waals surface area contributed by atoms with Crippen molar-refractivity contribution in [1.29, 1.82) is 0 Å². The number of anilines is 1. The number of aryl methyl sites for hydroxylation is 1. The summed E-state index contributed by atoms with van der Waals surface area (Å²) in [4.78, 5) is 7.26. The van der Waals surface area contributed by atoms with E-state index in [4.69, 9.17) is 9.47 Å². The van der Waals surface area contributed by atoms with Crippen LogP contribution in [0.1, 0.15) is 59.9 Å². The molecule has 2 saturated heterocycles. The fourth-order valence-corrected chi connectivity index (χ4v) is 4.90. The third-order valence-corrected chi connectivity index (χ3v) is 6.93. The van der Waals surface area contributed by atoms with Gasteiger partial charge in [0, 0.05) is 63.8 Å². The van der Waals surface area contributed by atoms with Crippen molar-refractivity contribution in [2.24, 2.45) is 5.92 Å². The first-order valence-corrected chi connectivity index (χ1v) is 14.4. The van der Waals surface area contributed by atoms with Crippen LogP contribution < -0.4 is 4.90 Å². The number of benzene rings is 1. The summed E-state index contributed by atoms with van der Waals surface area (Å²) in [5.74, 6) is 0.429. The zero-order valence-electron chi connectivity index (χ0n) is 25.1. The summed E-state index contributed by atoms with van der Waals surface area (Å²) in [6.07, 6.45) is 4.10. The Kier molecular flexibility index (Phi) is 13.3. The van der Waals surface area contributed by atoms with Crippen molar-refractivity contribution < 1.29 is 22.6 Å². The molecular weight excluding hydrogens is 503 g/mol. The summed E-state index contributed by atoms with van der Waals surface area (Å²) in [5.41, 5.74) is 5.25. The average Bonchev–Trinajstić information content (AvgIpc) is 2.85. The zero-order valence-corrected chi connectivity index (χ0v) is 25.1. The van der Waals surface area contributed by atoms with Crippen molar-refractivity contribution in [3.63, 3.8) is 0 Å². The molecule has 1 aromatic carbocycles. The van der Waals surface area contributed by atoms with E-state index in [0.717, 1.165) is 65.4 Å². The number of ether oxygens (including phenoxy) is 2. The fraction of sp³-hybridized carbons (Fsp3) is 0.677. The van der Waals surface area contributed by atoms with E-state index >= 15 is 0 Å². The molecule has 2 fully saturated rings. The first-order valence-electron chi connectivity index (χ1n) is 14.4. The van der Waals surface area contributed by atoms with Crippen molar-refractivity contribution in [3.05, 3.63) is 53.4 Å². The lowest BCUT2D eigenvalue weighted by atomic mass is 9.94. The number of rotatable bonds is 12. The summed E-state index contributed by atoms with van der Waals surface area (Å²) in [7, 11) is 2.19. The van der Waals surface area contributed by atoms with Crippen LogP contribution in [0.25, 0.3) is 0 Å². The number of halogens is 3. The monoisotopic (exact) mass is 553 g/mol. The molecule has 0 unspecified atom stereocenters. The Bertz CT molecular complexity index is 895. The highest BCUT2D eigenvalue weighted by atomic mass is 19.4. The zero-order chi connectivity index (χ0) is 29.1. The highest BCUT2D eigenvalue weighted by molar-refractivity contribution is 5.53. The predicted molar refractivity (Wildman–Crippen MR) is 155 cm³/mol. The second-order valence-electron chi connectivity index (χ2n) is 11.1. The summed E-state index contributed by atoms with van der Waals surface area (Å²) >= 11 is 0. The molecule has 8 heteroatoms. The Morgan fingerprint density at radius 3 is 2.23 bits per heavy atom. The van der Waals surface area contributed by atoms with Gasteiger partial charge in [0.15, 0.2) is 0 Å². The first-order chi connectivity index (χ1) is 18.3. The SMILES string of the molecule is CC(F)(F)F.CC/C=C(\C=C(\C(C)C)N(C)c1ccc(CCC)cc1)N1CC(C)(OCCN2CCOCC2)C1. The average molecular weight is 554 g/mol. The van der Waals surface area contributed by atoms with Gasteiger partial charge in [-0.25, -0.2) is 0 Å². The smallest absolute Gasteiger partial charge is 0.379 e. The Morgan fingerprint density at radius 2 is 1.72 bits per heavy atom. The van der Waals surface area contributed by atoms with Gasteiger partial charge >= 0.3 is 6.18 Å². The van der Waals surface area contributed by atoms with Crippen molar-refractivity contribution in [3.8, 4) is 0 Å². The Morgan fingerprint density at radius 1 is 1.13 bits per heavy atom. The van der Waals surface area contributed by atoms with Crippen LogP contribution in [0.4, 0.5) is 18.9 Å². The molecule has 0 spiro atoms. The molecule has 0 aromatic heterocycles. The van der Waals surface area contributed by atoms with E-state index < -0.39 is 6.18 Å². The maximum absolute atomic E-state index is 10.4. The van der Waals surface area contributed by atoms with Crippen LogP contribution in [0.5, 0.6) is 0 Å². The number of allylic oxidation sites excluding steroid dienone is 3. The molecule has 1 aromatic rings. The molecule has 5 nitrogen and oxygen atoms in total. The van der Waals surface area contributed by atoms with E-state index in [0.29, 0.717) is 5.92 Å². The molecule has 2 heterocycles. The summed E-state index contributed by atoms with van der Waals surface area (Å²) in [5, 5.41) is 0. The lowest BCUT2D eigenvalue weighted by Gasteiger charge is -2.50. The van der Waals surface area contributed by atoms with Gasteiger partial charge in [-0.15, -0.1) is 0 Å². The molecule has 2 aliphatic rings. The minimum Gasteiger partial charge on any atom is -0.379 e. The number of hydrogen-bond acceptors (Lipinski definition) is 5. The van der Waals surface area contributed by atoms with Crippen LogP contribution in [-0.2, 0) is 15.9 Å². The maximum Gasteiger partial charge on any atom is 0.386 e. The second-order valence-corrected chi connectivity index (χ2v) is 11.1. The molecule has 0 atom stereocenters. The quantitative estimate of drug-likeness (QED) is 0.263. The molecule has 0 aliphatic carbocycles. The van der Waals surface area contributed by atoms with Crippen LogP contribution >= 0.6 is 0 Å². The van der Waals surface area contributed by atoms with Gasteiger partial charge in [0.1, 0.15) is 5.60 Å². The number of alkyl halides is 3. The highest BCUT2D eigenvalue weighted by Crippen LogP contribution is 2.31. The van der Waals surface area contributed by atoms with Crippen molar-refractivity contribution >= 4 is 5.69 Å². The molecule has 39 heavy (non-hydrogen) atoms. The number of hydrogen-bond donors (Lipinski definition) is 0. The van der Waals surface area contributed by atoms with Crippen molar-refractivity contribution in [2.75, 3.05) is 64.5 Å². The highest BCUT2D eigenvalue weighted by Gasteiger charge is 2.40. The van der Waals surface area contributed by atoms with Crippen LogP contribution in [-0.4, -0.2) is 81.2 Å². The number of likely N-dealkylation sites (tertiary alicyclic amines) is 1. The van der Waals surface area contributed by atoms with Crippen molar-refractivity contribution in [1.82, 2.24) is 9.80 Å². The van der Waals surface area contributed by atoms with Gasteiger partial charge in [0.05, 0.1) is 19.8 Å².